The van der Waals surface area contributed by atoms with Gasteiger partial charge in [-0.1, -0.05) is 24.3 Å². The Morgan fingerprint density at radius 3 is 2.13 bits per heavy atom. The largest absolute Gasteiger partial charge is 0.416 e. The normalized spacial score (nSPS) is 12.2. The molecule has 0 fully saturated rings. The van der Waals surface area contributed by atoms with Gasteiger partial charge in [-0.15, -0.1) is 0 Å². The molecule has 0 aliphatic carbocycles. The molecule has 0 aromatic heterocycles. The number of carbonyl (C=O) groups is 1. The van der Waals surface area contributed by atoms with Crippen molar-refractivity contribution in [2.75, 3.05) is 33.4 Å². The number of rotatable bonds is 8. The summed E-state index contributed by atoms with van der Waals surface area (Å²) in [6, 6.07) is 11.1. The summed E-state index contributed by atoms with van der Waals surface area (Å²) >= 11 is 0. The Balaban J connectivity index is 2.24. The molecule has 5 nitrogen and oxygen atoms in total. The minimum atomic E-state index is -4.45. The third kappa shape index (κ3) is 7.46. The van der Waals surface area contributed by atoms with Crippen molar-refractivity contribution < 1.29 is 26.4 Å². The lowest BCUT2D eigenvalue weighted by Gasteiger charge is -2.25. The highest BCUT2D eigenvalue weighted by atomic mass is 32.2. The van der Waals surface area contributed by atoms with E-state index >= 15 is 0 Å². The van der Waals surface area contributed by atoms with Gasteiger partial charge in [0.2, 0.25) is 0 Å². The van der Waals surface area contributed by atoms with Crippen LogP contribution in [0.5, 0.6) is 0 Å². The van der Waals surface area contributed by atoms with Crippen molar-refractivity contribution in [3.63, 3.8) is 0 Å². The number of alkyl halides is 3. The monoisotopic (exact) mass is 442 g/mol. The zero-order valence-corrected chi connectivity index (χ0v) is 17.9. The van der Waals surface area contributed by atoms with Crippen LogP contribution < -0.4 is 0 Å². The Morgan fingerprint density at radius 1 is 0.967 bits per heavy atom. The fourth-order valence-electron chi connectivity index (χ4n) is 2.87. The predicted molar refractivity (Wildman–Crippen MR) is 110 cm³/mol. The Kier molecular flexibility index (Phi) is 7.65. The van der Waals surface area contributed by atoms with Crippen molar-refractivity contribution in [2.24, 2.45) is 0 Å². The third-order valence-corrected chi connectivity index (χ3v) is 5.22. The fraction of sp³-hybridized carbons (Fsp3) is 0.381. The van der Waals surface area contributed by atoms with Crippen LogP contribution in [0.2, 0.25) is 0 Å². The highest BCUT2D eigenvalue weighted by Gasteiger charge is 2.30. The number of nitrogens with zero attached hydrogens (tertiary/aromatic N) is 2. The van der Waals surface area contributed by atoms with Gasteiger partial charge in [0.15, 0.2) is 9.84 Å². The second-order valence-corrected chi connectivity index (χ2v) is 9.64. The zero-order chi connectivity index (χ0) is 22.5. The molecule has 0 aliphatic heterocycles. The molecule has 0 saturated heterocycles. The SMILES string of the molecule is CN(C)CCN(Cc1cccc(C(F)(F)F)c1)C(=O)c1ccc(CS(C)(=O)=O)cc1. The summed E-state index contributed by atoms with van der Waals surface area (Å²) in [7, 11) is 0.486. The highest BCUT2D eigenvalue weighted by molar-refractivity contribution is 7.89. The first-order valence-corrected chi connectivity index (χ1v) is 11.3. The third-order valence-electron chi connectivity index (χ3n) is 4.36. The first kappa shape index (κ1) is 23.9. The number of hydrogen-bond donors (Lipinski definition) is 0. The van der Waals surface area contributed by atoms with Crippen molar-refractivity contribution in [1.82, 2.24) is 9.80 Å². The Hall–Kier alpha value is -2.39. The van der Waals surface area contributed by atoms with Gasteiger partial charge in [-0.2, -0.15) is 13.2 Å². The first-order chi connectivity index (χ1) is 13.8. The number of benzene rings is 2. The van der Waals surface area contributed by atoms with Crippen LogP contribution in [0.3, 0.4) is 0 Å². The van der Waals surface area contributed by atoms with Gasteiger partial charge in [0.05, 0.1) is 11.3 Å². The lowest BCUT2D eigenvalue weighted by Crippen LogP contribution is -2.36. The maximum atomic E-state index is 13.0. The van der Waals surface area contributed by atoms with E-state index in [1.54, 1.807) is 18.2 Å². The molecule has 0 heterocycles. The van der Waals surface area contributed by atoms with Crippen molar-refractivity contribution in [3.8, 4) is 0 Å². The van der Waals surface area contributed by atoms with Crippen LogP contribution in [0.1, 0.15) is 27.0 Å². The van der Waals surface area contributed by atoms with Crippen molar-refractivity contribution >= 4 is 15.7 Å². The van der Waals surface area contributed by atoms with Gasteiger partial charge < -0.3 is 9.80 Å². The molecule has 2 aromatic rings. The minimum absolute atomic E-state index is 0.0294. The minimum Gasteiger partial charge on any atom is -0.333 e. The molecule has 0 aliphatic rings. The predicted octanol–water partition coefficient (Wildman–Crippen LogP) is 3.45. The molecule has 30 heavy (non-hydrogen) atoms. The van der Waals surface area contributed by atoms with E-state index in [-0.39, 0.29) is 18.2 Å². The number of amides is 1. The van der Waals surface area contributed by atoms with E-state index < -0.39 is 21.6 Å². The van der Waals surface area contributed by atoms with Gasteiger partial charge in [-0.25, -0.2) is 8.42 Å². The summed E-state index contributed by atoms with van der Waals surface area (Å²) in [5.74, 6) is -0.462. The quantitative estimate of drug-likeness (QED) is 0.628. The summed E-state index contributed by atoms with van der Waals surface area (Å²) in [5.41, 5.74) is 0.528. The van der Waals surface area contributed by atoms with Crippen molar-refractivity contribution in [1.29, 1.82) is 0 Å². The maximum Gasteiger partial charge on any atom is 0.416 e. The van der Waals surface area contributed by atoms with E-state index in [9.17, 15) is 26.4 Å². The fourth-order valence-corrected chi connectivity index (χ4v) is 3.67. The smallest absolute Gasteiger partial charge is 0.333 e. The first-order valence-electron chi connectivity index (χ1n) is 9.22. The lowest BCUT2D eigenvalue weighted by molar-refractivity contribution is -0.137. The van der Waals surface area contributed by atoms with Crippen LogP contribution in [-0.2, 0) is 28.3 Å². The molecule has 0 radical (unpaired) electrons. The van der Waals surface area contributed by atoms with Crippen LogP contribution in [0.25, 0.3) is 0 Å². The van der Waals surface area contributed by atoms with Gasteiger partial charge >= 0.3 is 6.18 Å². The molecule has 1 amide bonds. The molecule has 0 N–H and O–H groups in total. The molecular formula is C21H25F3N2O3S. The number of carbonyl (C=O) groups excluding carboxylic acids is 1. The number of likely N-dealkylation sites (N-methyl/N-ethyl adjacent to an activating group) is 1. The zero-order valence-electron chi connectivity index (χ0n) is 17.1. The van der Waals surface area contributed by atoms with Crippen molar-refractivity contribution in [2.45, 2.75) is 18.5 Å². The second kappa shape index (κ2) is 9.61. The Bertz CT molecular complexity index is 972. The maximum absolute atomic E-state index is 13.0. The number of halogens is 3. The highest BCUT2D eigenvalue weighted by Crippen LogP contribution is 2.29. The van der Waals surface area contributed by atoms with E-state index in [0.717, 1.165) is 18.4 Å². The number of hydrogen-bond acceptors (Lipinski definition) is 4. The van der Waals surface area contributed by atoms with Crippen molar-refractivity contribution in [3.05, 3.63) is 70.8 Å². The number of sulfone groups is 1. The average Bonchev–Trinajstić information content (AvgIpc) is 2.63. The second-order valence-electron chi connectivity index (χ2n) is 7.50. The van der Waals surface area contributed by atoms with Crippen LogP contribution in [0.15, 0.2) is 48.5 Å². The van der Waals surface area contributed by atoms with Crippen LogP contribution in [-0.4, -0.2) is 57.6 Å². The van der Waals surface area contributed by atoms with E-state index in [2.05, 4.69) is 0 Å². The molecule has 0 atom stereocenters. The summed E-state index contributed by atoms with van der Waals surface area (Å²) in [6.07, 6.45) is -3.33. The van der Waals surface area contributed by atoms with E-state index in [1.807, 2.05) is 19.0 Å². The van der Waals surface area contributed by atoms with Crippen LogP contribution in [0, 0.1) is 0 Å². The summed E-state index contributed by atoms with van der Waals surface area (Å²) in [4.78, 5) is 16.4. The molecule has 0 bridgehead atoms. The molecule has 0 saturated carbocycles. The van der Waals surface area contributed by atoms with E-state index in [1.165, 1.54) is 23.1 Å². The Morgan fingerprint density at radius 2 is 1.60 bits per heavy atom. The summed E-state index contributed by atoms with van der Waals surface area (Å²) < 4.78 is 61.9. The molecule has 2 aromatic carbocycles. The topological polar surface area (TPSA) is 57.7 Å². The molecular weight excluding hydrogens is 417 g/mol. The molecule has 9 heteroatoms. The van der Waals surface area contributed by atoms with Gasteiger partial charge in [0.1, 0.15) is 0 Å². The van der Waals surface area contributed by atoms with Crippen LogP contribution >= 0.6 is 0 Å². The summed E-state index contributed by atoms with van der Waals surface area (Å²) in [5, 5.41) is 0. The molecule has 164 valence electrons. The molecule has 0 unspecified atom stereocenters. The van der Waals surface area contributed by atoms with Gasteiger partial charge in [-0.3, -0.25) is 4.79 Å². The summed E-state index contributed by atoms with van der Waals surface area (Å²) in [6.45, 7) is 0.895. The molecule has 2 rings (SSSR count). The van der Waals surface area contributed by atoms with E-state index in [4.69, 9.17) is 0 Å². The molecule has 0 spiro atoms. The van der Waals surface area contributed by atoms with Crippen LogP contribution in [0.4, 0.5) is 13.2 Å². The Labute approximate surface area is 175 Å². The average molecular weight is 443 g/mol. The standard InChI is InChI=1S/C21H25F3N2O3S/c1-25(2)11-12-26(14-17-5-4-6-19(13-17)21(22,23)24)20(27)18-9-7-16(8-10-18)15-30(3,28)29/h4-10,13H,11-12,14-15H2,1-3H3. The van der Waals surface area contributed by atoms with Gasteiger partial charge in [0.25, 0.3) is 5.91 Å². The van der Waals surface area contributed by atoms with E-state index in [0.29, 0.717) is 29.8 Å². The van der Waals surface area contributed by atoms with Gasteiger partial charge in [-0.05, 0) is 49.5 Å². The lowest BCUT2D eigenvalue weighted by atomic mass is 10.1. The van der Waals surface area contributed by atoms with Gasteiger partial charge in [0, 0.05) is 31.5 Å².